The van der Waals surface area contributed by atoms with Crippen molar-refractivity contribution in [3.63, 3.8) is 0 Å². The quantitative estimate of drug-likeness (QED) is 0.394. The Kier molecular flexibility index (Phi) is 0.806. The summed E-state index contributed by atoms with van der Waals surface area (Å²) in [6.07, 6.45) is 1.93. The van der Waals surface area contributed by atoms with E-state index < -0.39 is 0 Å². The van der Waals surface area contributed by atoms with Crippen molar-refractivity contribution in [2.45, 2.75) is 0 Å². The average molecular weight is 84.0 g/mol. The maximum atomic E-state index is 3.89. The maximum absolute atomic E-state index is 3.89. The van der Waals surface area contributed by atoms with Crippen LogP contribution in [0.2, 0.25) is 0 Å². The Bertz CT molecular complexity index is 65.0. The summed E-state index contributed by atoms with van der Waals surface area (Å²) in [5.41, 5.74) is 0. The Labute approximate surface area is 32.6 Å². The van der Waals surface area contributed by atoms with Crippen LogP contribution in [0.25, 0.3) is 0 Å². The Morgan fingerprint density at radius 2 is 3.00 bits per heavy atom. The monoisotopic (exact) mass is 84.0 g/mol. The van der Waals surface area contributed by atoms with Gasteiger partial charge in [-0.25, -0.2) is 0 Å². The topological polar surface area (TPSA) is 12.4 Å². The molecule has 25 valence electrons. The molecule has 0 amide bonds. The van der Waals surface area contributed by atoms with Gasteiger partial charge >= 0.3 is 0 Å². The molecule has 0 aromatic rings. The standard InChI is InChI=1S/C3H3NP/c1-2-4-5-3-1/h1H,2H2. The van der Waals surface area contributed by atoms with E-state index in [1.54, 1.807) is 0 Å². The van der Waals surface area contributed by atoms with Crippen molar-refractivity contribution in [2.24, 2.45) is 4.74 Å². The minimum Gasteiger partial charge on any atom is -0.259 e. The summed E-state index contributed by atoms with van der Waals surface area (Å²) in [6, 6.07) is 0. The summed E-state index contributed by atoms with van der Waals surface area (Å²) in [7, 11) is 1.01. The smallest absolute Gasteiger partial charge is 0.0631 e. The molecular weight excluding hydrogens is 81.0 g/mol. The Hall–Kier alpha value is -0.160. The minimum absolute atomic E-state index is 0.877. The molecule has 0 unspecified atom stereocenters. The summed E-state index contributed by atoms with van der Waals surface area (Å²) < 4.78 is 3.89. The third kappa shape index (κ3) is 0.555. The van der Waals surface area contributed by atoms with Gasteiger partial charge in [-0.05, 0) is 6.08 Å². The van der Waals surface area contributed by atoms with E-state index in [-0.39, 0.29) is 0 Å². The van der Waals surface area contributed by atoms with Crippen LogP contribution in [0, 0.1) is 5.82 Å². The lowest BCUT2D eigenvalue weighted by Crippen LogP contribution is -1.52. The second-order valence-corrected chi connectivity index (χ2v) is 1.50. The largest absolute Gasteiger partial charge is 0.259 e. The van der Waals surface area contributed by atoms with E-state index in [9.17, 15) is 0 Å². The molecule has 0 atom stereocenters. The summed E-state index contributed by atoms with van der Waals surface area (Å²) in [5, 5.41) is 0. The van der Waals surface area contributed by atoms with Gasteiger partial charge in [-0.15, -0.1) is 0 Å². The van der Waals surface area contributed by atoms with Gasteiger partial charge in [0.1, 0.15) is 0 Å². The first-order valence-corrected chi connectivity index (χ1v) is 2.28. The predicted molar refractivity (Wildman–Crippen MR) is 22.0 cm³/mol. The molecule has 1 aliphatic heterocycles. The number of hydrogen-bond donors (Lipinski definition) is 0. The van der Waals surface area contributed by atoms with Crippen LogP contribution in [0.3, 0.4) is 0 Å². The molecule has 0 aromatic carbocycles. The summed E-state index contributed by atoms with van der Waals surface area (Å²) in [6.45, 7) is 0.877. The van der Waals surface area contributed by atoms with E-state index in [2.05, 4.69) is 10.6 Å². The van der Waals surface area contributed by atoms with Crippen molar-refractivity contribution >= 4 is 8.37 Å². The zero-order chi connectivity index (χ0) is 3.54. The van der Waals surface area contributed by atoms with Gasteiger partial charge in [-0.2, -0.15) is 0 Å². The Morgan fingerprint density at radius 1 is 2.00 bits per heavy atom. The van der Waals surface area contributed by atoms with Gasteiger partial charge in [0.05, 0.1) is 6.54 Å². The van der Waals surface area contributed by atoms with Crippen molar-refractivity contribution < 1.29 is 0 Å². The van der Waals surface area contributed by atoms with Crippen molar-refractivity contribution in [3.05, 3.63) is 11.9 Å². The summed E-state index contributed by atoms with van der Waals surface area (Å²) in [4.78, 5) is 0. The molecule has 0 N–H and O–H groups in total. The highest BCUT2D eigenvalue weighted by Crippen LogP contribution is 2.05. The minimum atomic E-state index is 0.877. The number of nitrogens with zero attached hydrogens (tertiary/aromatic N) is 1. The van der Waals surface area contributed by atoms with Crippen molar-refractivity contribution in [1.82, 2.24) is 0 Å². The van der Waals surface area contributed by atoms with Crippen LogP contribution in [0.1, 0.15) is 0 Å². The Balaban J connectivity index is 2.61. The zero-order valence-electron chi connectivity index (χ0n) is 2.68. The summed E-state index contributed by atoms with van der Waals surface area (Å²) in [5.74, 6) is 2.90. The first-order valence-electron chi connectivity index (χ1n) is 1.44. The SMILES string of the molecule is [C]1=CCN=P1. The van der Waals surface area contributed by atoms with Crippen LogP contribution in [0.5, 0.6) is 0 Å². The van der Waals surface area contributed by atoms with Crippen molar-refractivity contribution in [3.8, 4) is 0 Å². The van der Waals surface area contributed by atoms with Gasteiger partial charge < -0.3 is 0 Å². The van der Waals surface area contributed by atoms with E-state index in [4.69, 9.17) is 0 Å². The first-order chi connectivity index (χ1) is 2.50. The Morgan fingerprint density at radius 3 is 3.20 bits per heavy atom. The van der Waals surface area contributed by atoms with E-state index in [0.29, 0.717) is 0 Å². The molecule has 0 aliphatic carbocycles. The lowest BCUT2D eigenvalue weighted by atomic mass is 10.7. The molecule has 1 heterocycles. The van der Waals surface area contributed by atoms with Gasteiger partial charge in [0.15, 0.2) is 0 Å². The van der Waals surface area contributed by atoms with Gasteiger partial charge in [0, 0.05) is 14.2 Å². The average Bonchev–Trinajstić information content (AvgIpc) is 1.76. The molecule has 1 aliphatic rings. The number of hydrogen-bond acceptors (Lipinski definition) is 1. The van der Waals surface area contributed by atoms with Gasteiger partial charge in [0.25, 0.3) is 0 Å². The van der Waals surface area contributed by atoms with Gasteiger partial charge in [0.2, 0.25) is 0 Å². The van der Waals surface area contributed by atoms with Crippen molar-refractivity contribution in [1.29, 1.82) is 0 Å². The third-order valence-electron chi connectivity index (χ3n) is 0.393. The highest BCUT2D eigenvalue weighted by molar-refractivity contribution is 7.29. The molecule has 0 bridgehead atoms. The summed E-state index contributed by atoms with van der Waals surface area (Å²) >= 11 is 0. The zero-order valence-corrected chi connectivity index (χ0v) is 3.57. The predicted octanol–water partition coefficient (Wildman–Crippen LogP) is 1.45. The second kappa shape index (κ2) is 1.32. The van der Waals surface area contributed by atoms with Gasteiger partial charge in [-0.1, -0.05) is 0 Å². The second-order valence-electron chi connectivity index (χ2n) is 0.757. The van der Waals surface area contributed by atoms with E-state index in [0.717, 1.165) is 14.9 Å². The highest BCUT2D eigenvalue weighted by atomic mass is 31.1. The van der Waals surface area contributed by atoms with Crippen LogP contribution < -0.4 is 0 Å². The van der Waals surface area contributed by atoms with E-state index in [1.807, 2.05) is 6.08 Å². The van der Waals surface area contributed by atoms with Crippen LogP contribution in [-0.2, 0) is 0 Å². The van der Waals surface area contributed by atoms with Crippen molar-refractivity contribution in [2.75, 3.05) is 6.54 Å². The molecule has 5 heavy (non-hydrogen) atoms. The lowest BCUT2D eigenvalue weighted by molar-refractivity contribution is 1.31. The van der Waals surface area contributed by atoms with Crippen LogP contribution >= 0.6 is 8.37 Å². The fourth-order valence-electron chi connectivity index (χ4n) is 0.204. The highest BCUT2D eigenvalue weighted by Gasteiger charge is 1.75. The molecule has 0 spiro atoms. The third-order valence-corrected chi connectivity index (χ3v) is 0.995. The normalized spacial score (nSPS) is 20.8. The first kappa shape index (κ1) is 3.05. The molecule has 1 radical (unpaired) electrons. The van der Waals surface area contributed by atoms with Crippen LogP contribution in [0.15, 0.2) is 10.8 Å². The molecular formula is C3H3NP. The van der Waals surface area contributed by atoms with E-state index in [1.165, 1.54) is 0 Å². The van der Waals surface area contributed by atoms with Gasteiger partial charge in [-0.3, -0.25) is 4.74 Å². The molecule has 0 saturated carbocycles. The van der Waals surface area contributed by atoms with Crippen LogP contribution in [-0.4, -0.2) is 6.54 Å². The lowest BCUT2D eigenvalue weighted by Gasteiger charge is -1.58. The number of rotatable bonds is 0. The van der Waals surface area contributed by atoms with Crippen LogP contribution in [0.4, 0.5) is 0 Å². The maximum Gasteiger partial charge on any atom is 0.0631 e. The molecule has 2 heteroatoms. The fraction of sp³-hybridized carbons (Fsp3) is 0.333. The van der Waals surface area contributed by atoms with E-state index >= 15 is 0 Å². The fourth-order valence-corrected chi connectivity index (χ4v) is 0.612. The molecule has 0 saturated heterocycles. The molecule has 1 rings (SSSR count). The molecule has 0 aromatic heterocycles. The molecule has 0 fully saturated rings. The molecule has 1 nitrogen and oxygen atoms in total.